The fraction of sp³-hybridized carbons (Fsp3) is 0.370. The first-order chi connectivity index (χ1) is 17.1. The van der Waals surface area contributed by atoms with E-state index in [0.29, 0.717) is 5.69 Å². The van der Waals surface area contributed by atoms with Gasteiger partial charge in [-0.05, 0) is 43.2 Å². The summed E-state index contributed by atoms with van der Waals surface area (Å²) in [5.41, 5.74) is 2.20. The maximum Gasteiger partial charge on any atom is 0.335 e. The molecule has 0 spiro atoms. The Morgan fingerprint density at radius 3 is 2.86 bits per heavy atom. The van der Waals surface area contributed by atoms with Gasteiger partial charge in [0.15, 0.2) is 17.2 Å². The molecule has 186 valence electrons. The third-order valence-electron chi connectivity index (χ3n) is 7.22. The van der Waals surface area contributed by atoms with Crippen molar-refractivity contribution in [3.8, 4) is 17.5 Å². The summed E-state index contributed by atoms with van der Waals surface area (Å²) in [6, 6.07) is 11.0. The number of H-pyrrole nitrogens is 1. The van der Waals surface area contributed by atoms with Crippen molar-refractivity contribution in [3.63, 3.8) is 0 Å². The molecule has 1 saturated heterocycles. The van der Waals surface area contributed by atoms with E-state index in [4.69, 9.17) is 9.47 Å². The van der Waals surface area contributed by atoms with E-state index in [0.717, 1.165) is 33.1 Å². The third-order valence-corrected chi connectivity index (χ3v) is 7.22. The van der Waals surface area contributed by atoms with E-state index >= 15 is 0 Å². The number of carboxylic acids is 1. The summed E-state index contributed by atoms with van der Waals surface area (Å²) in [6.45, 7) is 5.80. The summed E-state index contributed by atoms with van der Waals surface area (Å²) in [6.07, 6.45) is 2.24. The molecule has 0 saturated carbocycles. The SMILES string of the molecule is COc1cc(-n2c(C(C)(C)CC#N)c([C@H]3CO[C@](C)(C(=O)O)C3)c3cc4[nH]ncc4cc32)ccc1F. The summed E-state index contributed by atoms with van der Waals surface area (Å²) in [7, 11) is 1.42. The molecule has 3 heterocycles. The van der Waals surface area contributed by atoms with Gasteiger partial charge in [-0.3, -0.25) is 5.10 Å². The number of carboxylic acid groups (broad SMARTS) is 1. The van der Waals surface area contributed by atoms with Gasteiger partial charge >= 0.3 is 5.97 Å². The molecule has 0 amide bonds. The number of hydrogen-bond acceptors (Lipinski definition) is 5. The van der Waals surface area contributed by atoms with Gasteiger partial charge in [0, 0.05) is 46.0 Å². The van der Waals surface area contributed by atoms with Gasteiger partial charge in [-0.15, -0.1) is 0 Å². The van der Waals surface area contributed by atoms with Crippen LogP contribution in [0.4, 0.5) is 4.39 Å². The molecular formula is C27H27FN4O4. The molecule has 5 rings (SSSR count). The molecule has 1 fully saturated rings. The van der Waals surface area contributed by atoms with Crippen LogP contribution in [0.1, 0.15) is 50.8 Å². The Hall–Kier alpha value is -3.90. The Kier molecular flexibility index (Phi) is 5.52. The normalized spacial score (nSPS) is 20.2. The van der Waals surface area contributed by atoms with Crippen molar-refractivity contribution in [3.05, 3.63) is 53.6 Å². The molecule has 2 aromatic carbocycles. The van der Waals surface area contributed by atoms with Crippen LogP contribution >= 0.6 is 0 Å². The zero-order chi connectivity index (χ0) is 25.8. The molecule has 1 aliphatic rings. The zero-order valence-electron chi connectivity index (χ0n) is 20.6. The lowest BCUT2D eigenvalue weighted by Crippen LogP contribution is -2.34. The number of aromatic amines is 1. The Balaban J connectivity index is 1.89. The first-order valence-electron chi connectivity index (χ1n) is 11.7. The molecule has 2 aromatic heterocycles. The minimum absolute atomic E-state index is 0.104. The maximum atomic E-state index is 14.4. The van der Waals surface area contributed by atoms with E-state index in [1.807, 2.05) is 30.5 Å². The van der Waals surface area contributed by atoms with Crippen LogP contribution in [0.25, 0.3) is 27.5 Å². The first-order valence-corrected chi connectivity index (χ1v) is 11.7. The van der Waals surface area contributed by atoms with Crippen molar-refractivity contribution in [2.45, 2.75) is 50.5 Å². The Morgan fingerprint density at radius 2 is 2.19 bits per heavy atom. The van der Waals surface area contributed by atoms with Gasteiger partial charge in [0.1, 0.15) is 0 Å². The second-order valence-corrected chi connectivity index (χ2v) is 10.2. The monoisotopic (exact) mass is 490 g/mol. The number of carbonyl (C=O) groups is 1. The highest BCUT2D eigenvalue weighted by molar-refractivity contribution is 5.99. The molecule has 1 aliphatic heterocycles. The summed E-state index contributed by atoms with van der Waals surface area (Å²) >= 11 is 0. The molecule has 2 N–H and O–H groups in total. The van der Waals surface area contributed by atoms with Crippen LogP contribution in [0.2, 0.25) is 0 Å². The number of methoxy groups -OCH3 is 1. The smallest absolute Gasteiger partial charge is 0.335 e. The minimum atomic E-state index is -1.31. The number of ether oxygens (including phenoxy) is 2. The highest BCUT2D eigenvalue weighted by atomic mass is 19.1. The predicted octanol–water partition coefficient (Wildman–Crippen LogP) is 5.19. The number of benzene rings is 2. The Morgan fingerprint density at radius 1 is 1.42 bits per heavy atom. The quantitative estimate of drug-likeness (QED) is 0.384. The molecule has 36 heavy (non-hydrogen) atoms. The third kappa shape index (κ3) is 3.60. The standard InChI is InChI=1S/C27H27FN4O4/c1-26(2,7-8-29)24-23(16-12-27(3,25(33)34)36-14-16)18-11-20-15(13-30-31-20)9-21(18)32(24)17-5-6-19(28)22(10-17)35-4/h5-6,9-11,13,16H,7,12,14H2,1-4H3,(H,30,31)(H,33,34)/t16-,27+/m1/s1. The van der Waals surface area contributed by atoms with E-state index in [9.17, 15) is 19.6 Å². The first kappa shape index (κ1) is 23.8. The fourth-order valence-corrected chi connectivity index (χ4v) is 5.37. The molecule has 0 unspecified atom stereocenters. The van der Waals surface area contributed by atoms with Crippen LogP contribution in [0.3, 0.4) is 0 Å². The number of nitriles is 1. The number of aromatic nitrogens is 3. The van der Waals surface area contributed by atoms with Gasteiger partial charge in [-0.1, -0.05) is 13.8 Å². The van der Waals surface area contributed by atoms with Crippen molar-refractivity contribution in [2.75, 3.05) is 13.7 Å². The second-order valence-electron chi connectivity index (χ2n) is 10.2. The van der Waals surface area contributed by atoms with Gasteiger partial charge < -0.3 is 19.1 Å². The van der Waals surface area contributed by atoms with Crippen LogP contribution in [0.5, 0.6) is 5.75 Å². The number of hydrogen-bond donors (Lipinski definition) is 2. The predicted molar refractivity (Wildman–Crippen MR) is 132 cm³/mol. The van der Waals surface area contributed by atoms with Gasteiger partial charge in [0.25, 0.3) is 0 Å². The van der Waals surface area contributed by atoms with Crippen LogP contribution < -0.4 is 4.74 Å². The molecule has 9 heteroatoms. The molecule has 0 radical (unpaired) electrons. The number of rotatable bonds is 6. The lowest BCUT2D eigenvalue weighted by Gasteiger charge is -2.28. The number of nitrogens with zero attached hydrogens (tertiary/aromatic N) is 3. The summed E-state index contributed by atoms with van der Waals surface area (Å²) in [4.78, 5) is 12.0. The second kappa shape index (κ2) is 8.35. The molecule has 2 atom stereocenters. The molecule has 0 bridgehead atoms. The summed E-state index contributed by atoms with van der Waals surface area (Å²) < 4.78 is 27.5. The minimum Gasteiger partial charge on any atom is -0.494 e. The van der Waals surface area contributed by atoms with Gasteiger partial charge in [-0.2, -0.15) is 10.4 Å². The average Bonchev–Trinajstić information content (AvgIpc) is 3.53. The van der Waals surface area contributed by atoms with E-state index in [1.165, 1.54) is 13.2 Å². The molecule has 0 aliphatic carbocycles. The lowest BCUT2D eigenvalue weighted by molar-refractivity contribution is -0.157. The average molecular weight is 491 g/mol. The van der Waals surface area contributed by atoms with E-state index in [-0.39, 0.29) is 31.1 Å². The van der Waals surface area contributed by atoms with Crippen LogP contribution in [-0.4, -0.2) is 45.2 Å². The lowest BCUT2D eigenvalue weighted by atomic mass is 9.79. The molecular weight excluding hydrogens is 463 g/mol. The largest absolute Gasteiger partial charge is 0.494 e. The number of fused-ring (bicyclic) bond motifs is 2. The summed E-state index contributed by atoms with van der Waals surface area (Å²) in [5.74, 6) is -1.61. The topological polar surface area (TPSA) is 113 Å². The Labute approximate surface area is 207 Å². The highest BCUT2D eigenvalue weighted by Crippen LogP contribution is 2.48. The van der Waals surface area contributed by atoms with Gasteiger partial charge in [0.2, 0.25) is 0 Å². The van der Waals surface area contributed by atoms with Crippen molar-refractivity contribution < 1.29 is 23.8 Å². The van der Waals surface area contributed by atoms with Crippen LogP contribution in [0.15, 0.2) is 36.5 Å². The van der Waals surface area contributed by atoms with Crippen molar-refractivity contribution in [1.29, 1.82) is 5.26 Å². The Bertz CT molecular complexity index is 1550. The van der Waals surface area contributed by atoms with E-state index in [1.54, 1.807) is 25.3 Å². The fourth-order valence-electron chi connectivity index (χ4n) is 5.37. The number of aliphatic carboxylic acids is 1. The molecule has 8 nitrogen and oxygen atoms in total. The molecule has 4 aromatic rings. The van der Waals surface area contributed by atoms with Crippen molar-refractivity contribution in [2.24, 2.45) is 0 Å². The van der Waals surface area contributed by atoms with E-state index < -0.39 is 22.8 Å². The maximum absolute atomic E-state index is 14.4. The van der Waals surface area contributed by atoms with Crippen molar-refractivity contribution in [1.82, 2.24) is 14.8 Å². The number of nitrogens with one attached hydrogen (secondary N) is 1. The van der Waals surface area contributed by atoms with Gasteiger partial charge in [0.05, 0.1) is 37.0 Å². The van der Waals surface area contributed by atoms with Crippen LogP contribution in [0, 0.1) is 17.1 Å². The van der Waals surface area contributed by atoms with Crippen molar-refractivity contribution >= 4 is 27.8 Å². The van der Waals surface area contributed by atoms with Crippen LogP contribution in [-0.2, 0) is 14.9 Å². The number of halogens is 1. The zero-order valence-corrected chi connectivity index (χ0v) is 20.6. The highest BCUT2D eigenvalue weighted by Gasteiger charge is 2.46. The summed E-state index contributed by atoms with van der Waals surface area (Å²) in [5, 5.41) is 28.5. The van der Waals surface area contributed by atoms with Gasteiger partial charge in [-0.25, -0.2) is 9.18 Å². The van der Waals surface area contributed by atoms with E-state index in [2.05, 4.69) is 16.3 Å².